The van der Waals surface area contributed by atoms with Crippen molar-refractivity contribution in [3.8, 4) is 10.7 Å². The van der Waals surface area contributed by atoms with Crippen LogP contribution in [0.1, 0.15) is 37.1 Å². The van der Waals surface area contributed by atoms with Gasteiger partial charge in [0.2, 0.25) is 0 Å². The molecule has 18 heavy (non-hydrogen) atoms. The van der Waals surface area contributed by atoms with Gasteiger partial charge in [-0.2, -0.15) is 0 Å². The zero-order valence-corrected chi connectivity index (χ0v) is 11.3. The van der Waals surface area contributed by atoms with E-state index in [-0.39, 0.29) is 0 Å². The molecule has 3 nitrogen and oxygen atoms in total. The Bertz CT molecular complexity index is 529. The molecule has 1 fully saturated rings. The zero-order valence-electron chi connectivity index (χ0n) is 10.5. The summed E-state index contributed by atoms with van der Waals surface area (Å²) in [6.07, 6.45) is 5.30. The van der Waals surface area contributed by atoms with Gasteiger partial charge in [-0.05, 0) is 37.4 Å². The van der Waals surface area contributed by atoms with Crippen molar-refractivity contribution in [2.24, 2.45) is 0 Å². The SMILES string of the molecule is CCc1cccnc1-c1nc([C@@H]2CCCN2)cs1. The molecule has 1 atom stereocenters. The quantitative estimate of drug-likeness (QED) is 0.920. The minimum absolute atomic E-state index is 0.448. The Balaban J connectivity index is 1.92. The second kappa shape index (κ2) is 5.16. The fraction of sp³-hybridized carbons (Fsp3) is 0.429. The highest BCUT2D eigenvalue weighted by atomic mass is 32.1. The summed E-state index contributed by atoms with van der Waals surface area (Å²) in [7, 11) is 0. The normalized spacial score (nSPS) is 19.3. The smallest absolute Gasteiger partial charge is 0.142 e. The fourth-order valence-electron chi connectivity index (χ4n) is 2.41. The van der Waals surface area contributed by atoms with Crippen LogP contribution in [0.3, 0.4) is 0 Å². The van der Waals surface area contributed by atoms with Crippen molar-refractivity contribution in [2.45, 2.75) is 32.2 Å². The highest BCUT2D eigenvalue weighted by Gasteiger charge is 2.20. The third-order valence-electron chi connectivity index (χ3n) is 3.41. The van der Waals surface area contributed by atoms with E-state index in [0.29, 0.717) is 6.04 Å². The van der Waals surface area contributed by atoms with E-state index < -0.39 is 0 Å². The fourth-order valence-corrected chi connectivity index (χ4v) is 3.31. The summed E-state index contributed by atoms with van der Waals surface area (Å²) in [5.41, 5.74) is 3.51. The molecule has 2 aromatic rings. The Morgan fingerprint density at radius 2 is 2.44 bits per heavy atom. The van der Waals surface area contributed by atoms with Gasteiger partial charge in [-0.25, -0.2) is 4.98 Å². The Labute approximate surface area is 111 Å². The number of nitrogens with one attached hydrogen (secondary N) is 1. The van der Waals surface area contributed by atoms with Crippen molar-refractivity contribution >= 4 is 11.3 Å². The summed E-state index contributed by atoms with van der Waals surface area (Å²) in [6.45, 7) is 3.27. The lowest BCUT2D eigenvalue weighted by Crippen LogP contribution is -2.13. The first kappa shape index (κ1) is 11.8. The number of rotatable bonds is 3. The van der Waals surface area contributed by atoms with E-state index in [2.05, 4.69) is 28.7 Å². The van der Waals surface area contributed by atoms with Gasteiger partial charge in [0.15, 0.2) is 0 Å². The zero-order chi connectivity index (χ0) is 12.4. The standard InChI is InChI=1S/C14H17N3S/c1-2-10-5-3-8-16-13(10)14-17-12(9-18-14)11-6-4-7-15-11/h3,5,8-9,11,15H,2,4,6-7H2,1H3/t11-/m0/s1. The van der Waals surface area contributed by atoms with E-state index in [1.54, 1.807) is 11.3 Å². The first-order valence-corrected chi connectivity index (χ1v) is 7.39. The van der Waals surface area contributed by atoms with E-state index in [1.165, 1.54) is 24.1 Å². The van der Waals surface area contributed by atoms with Crippen molar-refractivity contribution < 1.29 is 0 Å². The lowest BCUT2D eigenvalue weighted by atomic mass is 10.1. The Kier molecular flexibility index (Phi) is 3.39. The Morgan fingerprint density at radius 3 is 3.22 bits per heavy atom. The van der Waals surface area contributed by atoms with E-state index >= 15 is 0 Å². The van der Waals surface area contributed by atoms with Gasteiger partial charge in [0, 0.05) is 11.6 Å². The van der Waals surface area contributed by atoms with Gasteiger partial charge in [-0.15, -0.1) is 11.3 Å². The number of aromatic nitrogens is 2. The Morgan fingerprint density at radius 1 is 1.50 bits per heavy atom. The molecular weight excluding hydrogens is 242 g/mol. The highest BCUT2D eigenvalue weighted by Crippen LogP contribution is 2.30. The second-order valence-electron chi connectivity index (χ2n) is 4.59. The lowest BCUT2D eigenvalue weighted by Gasteiger charge is -2.05. The van der Waals surface area contributed by atoms with Crippen molar-refractivity contribution in [1.82, 2.24) is 15.3 Å². The second-order valence-corrected chi connectivity index (χ2v) is 5.45. The third-order valence-corrected chi connectivity index (χ3v) is 4.28. The summed E-state index contributed by atoms with van der Waals surface area (Å²) < 4.78 is 0. The molecule has 1 N–H and O–H groups in total. The predicted octanol–water partition coefficient (Wildman–Crippen LogP) is 3.19. The molecule has 0 unspecified atom stereocenters. The topological polar surface area (TPSA) is 37.8 Å². The molecule has 1 saturated heterocycles. The van der Waals surface area contributed by atoms with E-state index in [4.69, 9.17) is 4.98 Å². The van der Waals surface area contributed by atoms with Crippen LogP contribution >= 0.6 is 11.3 Å². The Hall–Kier alpha value is -1.26. The van der Waals surface area contributed by atoms with E-state index in [9.17, 15) is 0 Å². The summed E-state index contributed by atoms with van der Waals surface area (Å²) in [4.78, 5) is 9.25. The van der Waals surface area contributed by atoms with Crippen LogP contribution < -0.4 is 5.32 Å². The largest absolute Gasteiger partial charge is 0.309 e. The maximum absolute atomic E-state index is 4.76. The molecule has 94 valence electrons. The van der Waals surface area contributed by atoms with Gasteiger partial charge >= 0.3 is 0 Å². The average Bonchev–Trinajstić information content (AvgIpc) is 3.09. The van der Waals surface area contributed by atoms with Gasteiger partial charge in [0.1, 0.15) is 10.7 Å². The van der Waals surface area contributed by atoms with Crippen LogP contribution in [0.2, 0.25) is 0 Å². The van der Waals surface area contributed by atoms with Crippen molar-refractivity contribution in [1.29, 1.82) is 0 Å². The van der Waals surface area contributed by atoms with Crippen molar-refractivity contribution in [3.05, 3.63) is 35.0 Å². The molecule has 0 spiro atoms. The minimum atomic E-state index is 0.448. The maximum atomic E-state index is 4.76. The van der Waals surface area contributed by atoms with Gasteiger partial charge in [-0.3, -0.25) is 4.98 Å². The van der Waals surface area contributed by atoms with Crippen LogP contribution in [0.5, 0.6) is 0 Å². The molecule has 3 heterocycles. The molecule has 0 aromatic carbocycles. The molecular formula is C14H17N3S. The number of nitrogens with zero attached hydrogens (tertiary/aromatic N) is 2. The van der Waals surface area contributed by atoms with Gasteiger partial charge in [-0.1, -0.05) is 13.0 Å². The maximum Gasteiger partial charge on any atom is 0.142 e. The first-order chi connectivity index (χ1) is 8.88. The summed E-state index contributed by atoms with van der Waals surface area (Å²) in [5, 5.41) is 6.72. The molecule has 0 radical (unpaired) electrons. The molecule has 0 saturated carbocycles. The average molecular weight is 259 g/mol. The molecule has 4 heteroatoms. The molecule has 0 bridgehead atoms. The van der Waals surface area contributed by atoms with Crippen LogP contribution in [0.15, 0.2) is 23.7 Å². The van der Waals surface area contributed by atoms with Crippen LogP contribution in [-0.2, 0) is 6.42 Å². The van der Waals surface area contributed by atoms with Crippen LogP contribution in [0.4, 0.5) is 0 Å². The lowest BCUT2D eigenvalue weighted by molar-refractivity contribution is 0.632. The summed E-state index contributed by atoms with van der Waals surface area (Å²) in [5.74, 6) is 0. The van der Waals surface area contributed by atoms with Crippen molar-refractivity contribution in [3.63, 3.8) is 0 Å². The monoisotopic (exact) mass is 259 g/mol. The first-order valence-electron chi connectivity index (χ1n) is 6.51. The molecule has 0 amide bonds. The van der Waals surface area contributed by atoms with Gasteiger partial charge in [0.05, 0.1) is 11.7 Å². The van der Waals surface area contributed by atoms with E-state index in [1.807, 2.05) is 12.3 Å². The van der Waals surface area contributed by atoms with Crippen LogP contribution in [0, 0.1) is 0 Å². The molecule has 1 aliphatic heterocycles. The number of aryl methyl sites for hydroxylation is 1. The number of hydrogen-bond donors (Lipinski definition) is 1. The number of pyridine rings is 1. The van der Waals surface area contributed by atoms with E-state index in [0.717, 1.165) is 23.7 Å². The van der Waals surface area contributed by atoms with Crippen LogP contribution in [0.25, 0.3) is 10.7 Å². The minimum Gasteiger partial charge on any atom is -0.309 e. The predicted molar refractivity (Wildman–Crippen MR) is 74.7 cm³/mol. The van der Waals surface area contributed by atoms with Crippen molar-refractivity contribution in [2.75, 3.05) is 6.54 Å². The van der Waals surface area contributed by atoms with Gasteiger partial charge in [0.25, 0.3) is 0 Å². The molecule has 1 aliphatic rings. The molecule has 0 aliphatic carbocycles. The number of thiazole rings is 1. The summed E-state index contributed by atoms with van der Waals surface area (Å²) in [6, 6.07) is 4.58. The number of hydrogen-bond acceptors (Lipinski definition) is 4. The highest BCUT2D eigenvalue weighted by molar-refractivity contribution is 7.13. The molecule has 3 rings (SSSR count). The third kappa shape index (κ3) is 2.18. The molecule has 2 aromatic heterocycles. The summed E-state index contributed by atoms with van der Waals surface area (Å²) >= 11 is 1.71. The van der Waals surface area contributed by atoms with Gasteiger partial charge < -0.3 is 5.32 Å². The van der Waals surface area contributed by atoms with Crippen LogP contribution in [-0.4, -0.2) is 16.5 Å².